The van der Waals surface area contributed by atoms with Gasteiger partial charge in [0.15, 0.2) is 0 Å². The molecule has 2 aromatic rings. The summed E-state index contributed by atoms with van der Waals surface area (Å²) in [5, 5.41) is 2.68. The number of hydrogen-bond acceptors (Lipinski definition) is 3. The molecule has 5 nitrogen and oxygen atoms in total. The number of nitrogens with one attached hydrogen (secondary N) is 1. The fourth-order valence-electron chi connectivity index (χ4n) is 1.96. The third-order valence-corrected chi connectivity index (χ3v) is 3.38. The van der Waals surface area contributed by atoms with E-state index in [4.69, 9.17) is 17.3 Å². The molecule has 3 N–H and O–H groups in total. The summed E-state index contributed by atoms with van der Waals surface area (Å²) in [5.41, 5.74) is 5.87. The molecule has 0 saturated heterocycles. The van der Waals surface area contributed by atoms with Gasteiger partial charge < -0.3 is 15.8 Å². The Labute approximate surface area is 147 Å². The molecule has 0 spiro atoms. The van der Waals surface area contributed by atoms with Crippen molar-refractivity contribution in [2.45, 2.75) is 6.61 Å². The Morgan fingerprint density at radius 1 is 1.20 bits per heavy atom. The Hall–Kier alpha value is -2.93. The third kappa shape index (κ3) is 5.29. The van der Waals surface area contributed by atoms with Crippen molar-refractivity contribution in [3.05, 3.63) is 64.7 Å². The molecule has 0 aromatic heterocycles. The molecule has 2 aromatic carbocycles. The first-order valence-electron chi connectivity index (χ1n) is 6.99. The summed E-state index contributed by atoms with van der Waals surface area (Å²) in [5.74, 6) is -1.32. The van der Waals surface area contributed by atoms with Gasteiger partial charge in [0.05, 0.1) is 10.6 Å². The van der Waals surface area contributed by atoms with Gasteiger partial charge in [0.2, 0.25) is 11.8 Å². The number of carbonyl (C=O) groups is 2. The predicted molar refractivity (Wildman–Crippen MR) is 90.7 cm³/mol. The van der Waals surface area contributed by atoms with Gasteiger partial charge in [0, 0.05) is 17.3 Å². The second-order valence-electron chi connectivity index (χ2n) is 4.80. The summed E-state index contributed by atoms with van der Waals surface area (Å²) < 4.78 is 29.1. The molecule has 0 fully saturated rings. The summed E-state index contributed by atoms with van der Waals surface area (Å²) in [6, 6.07) is 10.3. The maximum atomic E-state index is 12.3. The highest BCUT2D eigenvalue weighted by Crippen LogP contribution is 2.22. The Morgan fingerprint density at radius 2 is 1.92 bits per heavy atom. The molecule has 0 radical (unpaired) electrons. The minimum atomic E-state index is -2.97. The summed E-state index contributed by atoms with van der Waals surface area (Å²) >= 11 is 5.83. The van der Waals surface area contributed by atoms with Crippen molar-refractivity contribution in [1.29, 1.82) is 0 Å². The fourth-order valence-corrected chi connectivity index (χ4v) is 2.17. The van der Waals surface area contributed by atoms with Gasteiger partial charge in [-0.25, -0.2) is 0 Å². The van der Waals surface area contributed by atoms with Crippen LogP contribution in [-0.4, -0.2) is 18.4 Å². The number of para-hydroxylation sites is 1. The van der Waals surface area contributed by atoms with Gasteiger partial charge in [-0.1, -0.05) is 29.8 Å². The third-order valence-electron chi connectivity index (χ3n) is 3.05. The molecule has 0 aliphatic rings. The van der Waals surface area contributed by atoms with Crippen LogP contribution in [0.2, 0.25) is 5.02 Å². The quantitative estimate of drug-likeness (QED) is 0.765. The maximum Gasteiger partial charge on any atom is 0.387 e. The number of ether oxygens (including phenoxy) is 1. The van der Waals surface area contributed by atoms with E-state index in [0.717, 1.165) is 6.08 Å². The molecule has 130 valence electrons. The van der Waals surface area contributed by atoms with Crippen LogP contribution >= 0.6 is 11.6 Å². The van der Waals surface area contributed by atoms with Crippen LogP contribution in [0.15, 0.2) is 48.5 Å². The van der Waals surface area contributed by atoms with Gasteiger partial charge in [0.25, 0.3) is 0 Å². The number of primary amides is 1. The second-order valence-corrected chi connectivity index (χ2v) is 5.20. The first kappa shape index (κ1) is 18.4. The van der Waals surface area contributed by atoms with E-state index in [2.05, 4.69) is 10.1 Å². The van der Waals surface area contributed by atoms with Gasteiger partial charge in [0.1, 0.15) is 5.75 Å². The topological polar surface area (TPSA) is 81.4 Å². The van der Waals surface area contributed by atoms with Gasteiger partial charge in [-0.2, -0.15) is 8.78 Å². The van der Waals surface area contributed by atoms with E-state index >= 15 is 0 Å². The molecule has 0 bridgehead atoms. The number of rotatable bonds is 6. The van der Waals surface area contributed by atoms with Crippen LogP contribution < -0.4 is 15.8 Å². The summed E-state index contributed by atoms with van der Waals surface area (Å²) in [6.07, 6.45) is 2.48. The standard InChI is InChI=1S/C17H13ClF2N2O3/c18-13-7-6-11(9-12(13)16(21)24)22-15(23)8-5-10-3-1-2-4-14(10)25-17(19)20/h1-9,17H,(H2,21,24)(H,22,23)/b8-5+. The molecule has 0 heterocycles. The number of nitrogens with two attached hydrogens (primary N) is 1. The van der Waals surface area contributed by atoms with Crippen molar-refractivity contribution >= 4 is 35.2 Å². The number of anilines is 1. The Balaban J connectivity index is 2.12. The normalized spacial score (nSPS) is 10.9. The van der Waals surface area contributed by atoms with Gasteiger partial charge in [-0.15, -0.1) is 0 Å². The first-order chi connectivity index (χ1) is 11.9. The van der Waals surface area contributed by atoms with Gasteiger partial charge >= 0.3 is 6.61 Å². The molecule has 0 aliphatic carbocycles. The van der Waals surface area contributed by atoms with Crippen molar-refractivity contribution in [1.82, 2.24) is 0 Å². The average Bonchev–Trinajstić information content (AvgIpc) is 2.55. The largest absolute Gasteiger partial charge is 0.434 e. The fraction of sp³-hybridized carbons (Fsp3) is 0.0588. The smallest absolute Gasteiger partial charge is 0.387 e. The van der Waals surface area contributed by atoms with Gasteiger partial charge in [-0.05, 0) is 30.3 Å². The average molecular weight is 367 g/mol. The van der Waals surface area contributed by atoms with Crippen molar-refractivity contribution in [2.75, 3.05) is 5.32 Å². The van der Waals surface area contributed by atoms with E-state index in [1.54, 1.807) is 6.07 Å². The first-order valence-corrected chi connectivity index (χ1v) is 7.37. The highest BCUT2D eigenvalue weighted by Gasteiger charge is 2.09. The van der Waals surface area contributed by atoms with Crippen LogP contribution in [0.5, 0.6) is 5.75 Å². The minimum absolute atomic E-state index is 0.0518. The zero-order valence-electron chi connectivity index (χ0n) is 12.7. The van der Waals surface area contributed by atoms with E-state index < -0.39 is 18.4 Å². The lowest BCUT2D eigenvalue weighted by Crippen LogP contribution is -2.13. The van der Waals surface area contributed by atoms with Gasteiger partial charge in [-0.3, -0.25) is 9.59 Å². The number of carbonyl (C=O) groups excluding carboxylic acids is 2. The van der Waals surface area contributed by atoms with Crippen LogP contribution in [-0.2, 0) is 4.79 Å². The highest BCUT2D eigenvalue weighted by molar-refractivity contribution is 6.34. The highest BCUT2D eigenvalue weighted by atomic mass is 35.5. The number of amides is 2. The Bertz CT molecular complexity index is 825. The molecule has 0 unspecified atom stereocenters. The predicted octanol–water partition coefficient (Wildman–Crippen LogP) is 3.69. The monoisotopic (exact) mass is 366 g/mol. The molecule has 8 heteroatoms. The number of halogens is 3. The molecule has 0 saturated carbocycles. The number of benzene rings is 2. The molecule has 0 aliphatic heterocycles. The van der Waals surface area contributed by atoms with E-state index in [9.17, 15) is 18.4 Å². The molecule has 2 rings (SSSR count). The van der Waals surface area contributed by atoms with Crippen molar-refractivity contribution in [3.8, 4) is 5.75 Å². The maximum absolute atomic E-state index is 12.3. The van der Waals surface area contributed by atoms with Crippen LogP contribution in [0.3, 0.4) is 0 Å². The number of hydrogen-bond donors (Lipinski definition) is 2. The SMILES string of the molecule is NC(=O)c1cc(NC(=O)/C=C/c2ccccc2OC(F)F)ccc1Cl. The van der Waals surface area contributed by atoms with Crippen LogP contribution in [0.25, 0.3) is 6.08 Å². The van der Waals surface area contributed by atoms with Crippen molar-refractivity contribution in [3.63, 3.8) is 0 Å². The van der Waals surface area contributed by atoms with Crippen molar-refractivity contribution < 1.29 is 23.1 Å². The Kier molecular flexibility index (Phi) is 6.08. The summed E-state index contributed by atoms with van der Waals surface area (Å²) in [6.45, 7) is -2.97. The van der Waals surface area contributed by atoms with Crippen molar-refractivity contribution in [2.24, 2.45) is 5.73 Å². The van der Waals surface area contributed by atoms with E-state index in [0.29, 0.717) is 11.3 Å². The molecular weight excluding hydrogens is 354 g/mol. The molecule has 25 heavy (non-hydrogen) atoms. The number of alkyl halides is 2. The van der Waals surface area contributed by atoms with E-state index in [-0.39, 0.29) is 16.3 Å². The van der Waals surface area contributed by atoms with Crippen LogP contribution in [0, 0.1) is 0 Å². The lowest BCUT2D eigenvalue weighted by molar-refractivity contribution is -0.111. The molecule has 2 amide bonds. The Morgan fingerprint density at radius 3 is 2.60 bits per heavy atom. The lowest BCUT2D eigenvalue weighted by atomic mass is 10.1. The van der Waals surface area contributed by atoms with E-state index in [1.807, 2.05) is 0 Å². The van der Waals surface area contributed by atoms with Crippen LogP contribution in [0.1, 0.15) is 15.9 Å². The second kappa shape index (κ2) is 8.25. The van der Waals surface area contributed by atoms with Crippen LogP contribution in [0.4, 0.5) is 14.5 Å². The minimum Gasteiger partial charge on any atom is -0.434 e. The molecular formula is C17H13ClF2N2O3. The van der Waals surface area contributed by atoms with E-state index in [1.165, 1.54) is 42.5 Å². The zero-order chi connectivity index (χ0) is 18.4. The zero-order valence-corrected chi connectivity index (χ0v) is 13.5. The summed E-state index contributed by atoms with van der Waals surface area (Å²) in [7, 11) is 0. The lowest BCUT2D eigenvalue weighted by Gasteiger charge is -2.08. The molecule has 0 atom stereocenters. The summed E-state index contributed by atoms with van der Waals surface area (Å²) in [4.78, 5) is 23.2.